The fourth-order valence-electron chi connectivity index (χ4n) is 1.31. The van der Waals surface area contributed by atoms with Gasteiger partial charge in [0.25, 0.3) is 0 Å². The molecule has 1 aromatic heterocycles. The highest BCUT2D eigenvalue weighted by molar-refractivity contribution is 7.12. The summed E-state index contributed by atoms with van der Waals surface area (Å²) in [4.78, 5) is 2.00. The molecule has 0 aliphatic carbocycles. The second-order valence-electron chi connectivity index (χ2n) is 5.18. The Kier molecular flexibility index (Phi) is 4.78. The maximum atomic E-state index is 12.6. The predicted molar refractivity (Wildman–Crippen MR) is 65.7 cm³/mol. The van der Waals surface area contributed by atoms with Crippen LogP contribution in [0, 0.1) is 0 Å². The van der Waals surface area contributed by atoms with Crippen molar-refractivity contribution in [3.05, 3.63) is 21.9 Å². The molecular formula is C12H17F4NS. The molecule has 1 N–H and O–H groups in total. The first kappa shape index (κ1) is 15.4. The van der Waals surface area contributed by atoms with Crippen LogP contribution in [0.15, 0.2) is 12.1 Å². The summed E-state index contributed by atoms with van der Waals surface area (Å²) in [6, 6.07) is 3.77. The topological polar surface area (TPSA) is 12.0 Å². The van der Waals surface area contributed by atoms with Gasteiger partial charge in [0.2, 0.25) is 0 Å². The molecule has 0 unspecified atom stereocenters. The van der Waals surface area contributed by atoms with Crippen LogP contribution in [0.5, 0.6) is 0 Å². The molecule has 1 heterocycles. The second kappa shape index (κ2) is 5.57. The van der Waals surface area contributed by atoms with E-state index in [1.165, 1.54) is 11.3 Å². The lowest BCUT2D eigenvalue weighted by atomic mass is 9.95. The molecule has 0 spiro atoms. The monoisotopic (exact) mass is 283 g/mol. The molecule has 0 aliphatic rings. The van der Waals surface area contributed by atoms with Gasteiger partial charge in [-0.15, -0.1) is 11.3 Å². The van der Waals surface area contributed by atoms with Gasteiger partial charge in [0.1, 0.15) is 0 Å². The van der Waals surface area contributed by atoms with Crippen molar-refractivity contribution in [2.24, 2.45) is 0 Å². The predicted octanol–water partition coefficient (Wildman–Crippen LogP) is 4.04. The molecule has 0 saturated heterocycles. The van der Waals surface area contributed by atoms with Gasteiger partial charge in [-0.2, -0.15) is 8.78 Å². The number of halogens is 4. The van der Waals surface area contributed by atoms with E-state index in [4.69, 9.17) is 0 Å². The molecule has 0 saturated carbocycles. The quantitative estimate of drug-likeness (QED) is 0.804. The zero-order chi connectivity index (χ0) is 14.0. The smallest absolute Gasteiger partial charge is 0.306 e. The van der Waals surface area contributed by atoms with Crippen LogP contribution in [0.25, 0.3) is 0 Å². The van der Waals surface area contributed by atoms with Gasteiger partial charge in [-0.25, -0.2) is 8.78 Å². The van der Waals surface area contributed by atoms with Crippen molar-refractivity contribution in [3.63, 3.8) is 0 Å². The average Bonchev–Trinajstić information content (AvgIpc) is 2.65. The molecule has 0 atom stereocenters. The molecule has 0 amide bonds. The van der Waals surface area contributed by atoms with Crippen molar-refractivity contribution in [1.29, 1.82) is 0 Å². The van der Waals surface area contributed by atoms with E-state index in [0.717, 1.165) is 9.75 Å². The molecule has 18 heavy (non-hydrogen) atoms. The number of hydrogen-bond donors (Lipinski definition) is 1. The molecular weight excluding hydrogens is 266 g/mol. The number of alkyl halides is 4. The van der Waals surface area contributed by atoms with Gasteiger partial charge in [0, 0.05) is 16.3 Å². The van der Waals surface area contributed by atoms with Crippen LogP contribution < -0.4 is 5.32 Å². The molecule has 0 bridgehead atoms. The molecule has 104 valence electrons. The fraction of sp³-hybridized carbons (Fsp3) is 0.667. The first-order valence-electron chi connectivity index (χ1n) is 5.59. The Morgan fingerprint density at radius 2 is 1.83 bits per heavy atom. The SMILES string of the molecule is CC(C)(C)c1ccc(CNCC(F)(F)C(F)F)s1. The minimum atomic E-state index is -3.97. The van der Waals surface area contributed by atoms with Crippen LogP contribution in [0.2, 0.25) is 0 Å². The van der Waals surface area contributed by atoms with Gasteiger partial charge in [0.05, 0.1) is 6.54 Å². The summed E-state index contributed by atoms with van der Waals surface area (Å²) in [5.41, 5.74) is 0.00975. The van der Waals surface area contributed by atoms with Crippen molar-refractivity contribution in [2.45, 2.75) is 45.1 Å². The van der Waals surface area contributed by atoms with Crippen molar-refractivity contribution >= 4 is 11.3 Å². The van der Waals surface area contributed by atoms with Gasteiger partial charge in [-0.3, -0.25) is 0 Å². The summed E-state index contributed by atoms with van der Waals surface area (Å²) in [5, 5.41) is 2.37. The van der Waals surface area contributed by atoms with Crippen LogP contribution in [-0.4, -0.2) is 18.9 Å². The highest BCUT2D eigenvalue weighted by atomic mass is 32.1. The lowest BCUT2D eigenvalue weighted by Gasteiger charge is -2.16. The molecule has 6 heteroatoms. The van der Waals surface area contributed by atoms with Crippen molar-refractivity contribution in [1.82, 2.24) is 5.32 Å². The van der Waals surface area contributed by atoms with Crippen molar-refractivity contribution in [2.75, 3.05) is 6.54 Å². The van der Waals surface area contributed by atoms with Gasteiger partial charge >= 0.3 is 12.3 Å². The van der Waals surface area contributed by atoms with Crippen molar-refractivity contribution < 1.29 is 17.6 Å². The van der Waals surface area contributed by atoms with E-state index in [1.807, 2.05) is 12.1 Å². The van der Waals surface area contributed by atoms with Gasteiger partial charge in [-0.1, -0.05) is 20.8 Å². The van der Waals surface area contributed by atoms with Crippen LogP contribution in [0.1, 0.15) is 30.5 Å². The first-order valence-corrected chi connectivity index (χ1v) is 6.40. The normalized spacial score (nSPS) is 13.3. The summed E-state index contributed by atoms with van der Waals surface area (Å²) in [5.74, 6) is -3.97. The van der Waals surface area contributed by atoms with Crippen LogP contribution in [0.3, 0.4) is 0 Å². The van der Waals surface area contributed by atoms with Gasteiger partial charge in [-0.05, 0) is 17.5 Å². The summed E-state index contributed by atoms with van der Waals surface area (Å²) in [6.07, 6.45) is -3.63. The molecule has 1 aromatic rings. The van der Waals surface area contributed by atoms with E-state index in [1.54, 1.807) is 0 Å². The molecule has 0 radical (unpaired) electrons. The third-order valence-electron chi connectivity index (χ3n) is 2.38. The van der Waals surface area contributed by atoms with Crippen LogP contribution in [-0.2, 0) is 12.0 Å². The largest absolute Gasteiger partial charge is 0.319 e. The lowest BCUT2D eigenvalue weighted by molar-refractivity contribution is -0.125. The highest BCUT2D eigenvalue weighted by Gasteiger charge is 2.39. The Balaban J connectivity index is 2.48. The van der Waals surface area contributed by atoms with Crippen LogP contribution >= 0.6 is 11.3 Å². The summed E-state index contributed by atoms with van der Waals surface area (Å²) in [7, 11) is 0. The zero-order valence-electron chi connectivity index (χ0n) is 10.6. The maximum absolute atomic E-state index is 12.6. The Morgan fingerprint density at radius 1 is 1.22 bits per heavy atom. The highest BCUT2D eigenvalue weighted by Crippen LogP contribution is 2.29. The first-order chi connectivity index (χ1) is 8.13. The zero-order valence-corrected chi connectivity index (χ0v) is 11.4. The lowest BCUT2D eigenvalue weighted by Crippen LogP contribution is -2.38. The van der Waals surface area contributed by atoms with E-state index in [9.17, 15) is 17.6 Å². The summed E-state index contributed by atoms with van der Waals surface area (Å²) >= 11 is 1.50. The standard InChI is InChI=1S/C12H17F4NS/c1-11(2,3)9-5-4-8(18-9)6-17-7-12(15,16)10(13)14/h4-5,10,17H,6-7H2,1-3H3. The maximum Gasteiger partial charge on any atom is 0.319 e. The number of rotatable bonds is 5. The van der Waals surface area contributed by atoms with Crippen LogP contribution in [0.4, 0.5) is 17.6 Å². The Labute approximate surface area is 108 Å². The van der Waals surface area contributed by atoms with Gasteiger partial charge in [0.15, 0.2) is 0 Å². The number of nitrogens with one attached hydrogen (secondary N) is 1. The van der Waals surface area contributed by atoms with Crippen molar-refractivity contribution in [3.8, 4) is 0 Å². The van der Waals surface area contributed by atoms with E-state index in [2.05, 4.69) is 26.1 Å². The molecule has 0 aromatic carbocycles. The average molecular weight is 283 g/mol. The Bertz CT molecular complexity index is 382. The van der Waals surface area contributed by atoms with E-state index < -0.39 is 18.9 Å². The number of thiophene rings is 1. The summed E-state index contributed by atoms with van der Waals surface area (Å²) < 4.78 is 49.1. The van der Waals surface area contributed by atoms with E-state index in [-0.39, 0.29) is 12.0 Å². The Hall–Kier alpha value is -0.620. The molecule has 1 nitrogen and oxygen atoms in total. The third-order valence-corrected chi connectivity index (χ3v) is 3.89. The fourth-order valence-corrected chi connectivity index (χ4v) is 2.34. The van der Waals surface area contributed by atoms with Gasteiger partial charge < -0.3 is 5.32 Å². The molecule has 0 fully saturated rings. The second-order valence-corrected chi connectivity index (χ2v) is 6.35. The Morgan fingerprint density at radius 3 is 2.28 bits per heavy atom. The van der Waals surface area contributed by atoms with E-state index >= 15 is 0 Å². The summed E-state index contributed by atoms with van der Waals surface area (Å²) in [6.45, 7) is 5.35. The minimum Gasteiger partial charge on any atom is -0.306 e. The molecule has 0 aliphatic heterocycles. The third kappa shape index (κ3) is 4.24. The minimum absolute atomic E-state index is 0.00975. The molecule has 1 rings (SSSR count). The number of hydrogen-bond acceptors (Lipinski definition) is 2. The van der Waals surface area contributed by atoms with E-state index in [0.29, 0.717) is 0 Å².